The molecule has 0 atom stereocenters. The summed E-state index contributed by atoms with van der Waals surface area (Å²) in [5, 5.41) is 6.97. The summed E-state index contributed by atoms with van der Waals surface area (Å²) in [5.74, 6) is 0.974. The average molecular weight is 292 g/mol. The standard InChI is InChI=1S/C18H32N2O/c1-5-6-14-21-17-10-8-16(9-11-17)15-19-12-7-13-20-18(2,3)4/h8-11,19-20H,5-7,12-15H2,1-4H3. The maximum absolute atomic E-state index is 5.66. The second-order valence-corrected chi connectivity index (χ2v) is 6.55. The molecule has 1 aromatic carbocycles. The molecule has 0 unspecified atom stereocenters. The Labute approximate surface area is 130 Å². The molecule has 0 amide bonds. The summed E-state index contributed by atoms with van der Waals surface area (Å²) in [5.41, 5.74) is 1.52. The van der Waals surface area contributed by atoms with Gasteiger partial charge in [-0.25, -0.2) is 0 Å². The van der Waals surface area contributed by atoms with E-state index in [0.717, 1.165) is 44.8 Å². The minimum Gasteiger partial charge on any atom is -0.494 e. The molecule has 0 heterocycles. The number of ether oxygens (including phenoxy) is 1. The van der Waals surface area contributed by atoms with Gasteiger partial charge in [-0.1, -0.05) is 25.5 Å². The Hall–Kier alpha value is -1.06. The van der Waals surface area contributed by atoms with Crippen molar-refractivity contribution in [1.82, 2.24) is 10.6 Å². The van der Waals surface area contributed by atoms with Gasteiger partial charge in [0.2, 0.25) is 0 Å². The number of unbranched alkanes of at least 4 members (excludes halogenated alkanes) is 1. The van der Waals surface area contributed by atoms with E-state index in [-0.39, 0.29) is 5.54 Å². The van der Waals surface area contributed by atoms with Crippen molar-refractivity contribution in [1.29, 1.82) is 0 Å². The van der Waals surface area contributed by atoms with Gasteiger partial charge >= 0.3 is 0 Å². The molecular formula is C18H32N2O. The number of benzene rings is 1. The molecular weight excluding hydrogens is 260 g/mol. The second kappa shape index (κ2) is 9.80. The van der Waals surface area contributed by atoms with Crippen molar-refractivity contribution in [3.63, 3.8) is 0 Å². The van der Waals surface area contributed by atoms with E-state index in [1.807, 2.05) is 0 Å². The van der Waals surface area contributed by atoms with Gasteiger partial charge in [-0.05, 0) is 64.4 Å². The lowest BCUT2D eigenvalue weighted by molar-refractivity contribution is 0.309. The lowest BCUT2D eigenvalue weighted by Gasteiger charge is -2.20. The topological polar surface area (TPSA) is 33.3 Å². The molecule has 0 fully saturated rings. The Morgan fingerprint density at radius 1 is 1.00 bits per heavy atom. The van der Waals surface area contributed by atoms with Crippen LogP contribution in [0.3, 0.4) is 0 Å². The second-order valence-electron chi connectivity index (χ2n) is 6.55. The minimum absolute atomic E-state index is 0.216. The summed E-state index contributed by atoms with van der Waals surface area (Å²) >= 11 is 0. The largest absolute Gasteiger partial charge is 0.494 e. The summed E-state index contributed by atoms with van der Waals surface area (Å²) in [4.78, 5) is 0. The molecule has 0 bridgehead atoms. The highest BCUT2D eigenvalue weighted by Gasteiger charge is 2.06. The Morgan fingerprint density at radius 3 is 2.33 bits per heavy atom. The molecule has 3 heteroatoms. The fraction of sp³-hybridized carbons (Fsp3) is 0.667. The number of rotatable bonds is 10. The number of hydrogen-bond donors (Lipinski definition) is 2. The molecule has 0 radical (unpaired) electrons. The van der Waals surface area contributed by atoms with Crippen molar-refractivity contribution >= 4 is 0 Å². The quantitative estimate of drug-likeness (QED) is 0.645. The Morgan fingerprint density at radius 2 is 1.71 bits per heavy atom. The van der Waals surface area contributed by atoms with Gasteiger partial charge in [-0.3, -0.25) is 0 Å². The highest BCUT2D eigenvalue weighted by atomic mass is 16.5. The zero-order valence-corrected chi connectivity index (χ0v) is 14.2. The van der Waals surface area contributed by atoms with Crippen LogP contribution in [-0.4, -0.2) is 25.2 Å². The first kappa shape index (κ1) is 18.0. The first-order valence-corrected chi connectivity index (χ1v) is 8.19. The van der Waals surface area contributed by atoms with Gasteiger partial charge < -0.3 is 15.4 Å². The third-order valence-electron chi connectivity index (χ3n) is 3.20. The van der Waals surface area contributed by atoms with Crippen LogP contribution in [-0.2, 0) is 6.54 Å². The van der Waals surface area contributed by atoms with Crippen LogP contribution >= 0.6 is 0 Å². The van der Waals surface area contributed by atoms with Crippen molar-refractivity contribution in [2.75, 3.05) is 19.7 Å². The highest BCUT2D eigenvalue weighted by Crippen LogP contribution is 2.12. The SMILES string of the molecule is CCCCOc1ccc(CNCCCNC(C)(C)C)cc1. The smallest absolute Gasteiger partial charge is 0.119 e. The summed E-state index contributed by atoms with van der Waals surface area (Å²) in [6, 6.07) is 8.41. The van der Waals surface area contributed by atoms with Crippen LogP contribution in [0.15, 0.2) is 24.3 Å². The summed E-state index contributed by atoms with van der Waals surface area (Å²) < 4.78 is 5.66. The Balaban J connectivity index is 2.12. The van der Waals surface area contributed by atoms with E-state index in [1.54, 1.807) is 0 Å². The maximum atomic E-state index is 5.66. The predicted octanol–water partition coefficient (Wildman–Crippen LogP) is 3.73. The molecule has 0 aromatic heterocycles. The van der Waals surface area contributed by atoms with E-state index in [9.17, 15) is 0 Å². The molecule has 2 N–H and O–H groups in total. The van der Waals surface area contributed by atoms with Gasteiger partial charge in [-0.15, -0.1) is 0 Å². The lowest BCUT2D eigenvalue weighted by Crippen LogP contribution is -2.37. The normalized spacial score (nSPS) is 11.6. The fourth-order valence-corrected chi connectivity index (χ4v) is 1.95. The molecule has 21 heavy (non-hydrogen) atoms. The summed E-state index contributed by atoms with van der Waals surface area (Å²) in [7, 11) is 0. The van der Waals surface area contributed by atoms with Gasteiger partial charge in [0.15, 0.2) is 0 Å². The van der Waals surface area contributed by atoms with Crippen LogP contribution in [0, 0.1) is 0 Å². The molecule has 1 aromatic rings. The van der Waals surface area contributed by atoms with E-state index in [0.29, 0.717) is 0 Å². The first-order chi connectivity index (χ1) is 10.0. The van der Waals surface area contributed by atoms with Gasteiger partial charge in [0.1, 0.15) is 5.75 Å². The molecule has 0 aliphatic carbocycles. The van der Waals surface area contributed by atoms with E-state index >= 15 is 0 Å². The van der Waals surface area contributed by atoms with Gasteiger partial charge in [-0.2, -0.15) is 0 Å². The van der Waals surface area contributed by atoms with E-state index < -0.39 is 0 Å². The van der Waals surface area contributed by atoms with Crippen LogP contribution in [0.4, 0.5) is 0 Å². The number of nitrogens with one attached hydrogen (secondary N) is 2. The Bertz CT molecular complexity index is 368. The Kier molecular flexibility index (Phi) is 8.40. The summed E-state index contributed by atoms with van der Waals surface area (Å²) in [6.45, 7) is 12.6. The highest BCUT2D eigenvalue weighted by molar-refractivity contribution is 5.27. The van der Waals surface area contributed by atoms with Crippen molar-refractivity contribution in [2.24, 2.45) is 0 Å². The molecule has 0 aliphatic heterocycles. The third kappa shape index (κ3) is 9.48. The molecule has 0 saturated heterocycles. The minimum atomic E-state index is 0.216. The van der Waals surface area contributed by atoms with Crippen LogP contribution in [0.1, 0.15) is 52.5 Å². The van der Waals surface area contributed by atoms with Gasteiger partial charge in [0, 0.05) is 12.1 Å². The molecule has 3 nitrogen and oxygen atoms in total. The molecule has 0 saturated carbocycles. The monoisotopic (exact) mass is 292 g/mol. The zero-order chi connectivity index (χ0) is 15.6. The van der Waals surface area contributed by atoms with E-state index in [2.05, 4.69) is 62.6 Å². The molecule has 0 spiro atoms. The zero-order valence-electron chi connectivity index (χ0n) is 14.2. The average Bonchev–Trinajstić information content (AvgIpc) is 2.43. The maximum Gasteiger partial charge on any atom is 0.119 e. The van der Waals surface area contributed by atoms with Gasteiger partial charge in [0.05, 0.1) is 6.61 Å². The first-order valence-electron chi connectivity index (χ1n) is 8.19. The van der Waals surface area contributed by atoms with Crippen LogP contribution in [0.5, 0.6) is 5.75 Å². The van der Waals surface area contributed by atoms with Crippen LogP contribution < -0.4 is 15.4 Å². The van der Waals surface area contributed by atoms with Crippen molar-refractivity contribution in [2.45, 2.75) is 59.0 Å². The molecule has 120 valence electrons. The van der Waals surface area contributed by atoms with E-state index in [4.69, 9.17) is 4.74 Å². The predicted molar refractivity (Wildman–Crippen MR) is 90.9 cm³/mol. The van der Waals surface area contributed by atoms with Gasteiger partial charge in [0.25, 0.3) is 0 Å². The number of hydrogen-bond acceptors (Lipinski definition) is 3. The van der Waals surface area contributed by atoms with Crippen LogP contribution in [0.25, 0.3) is 0 Å². The fourth-order valence-electron chi connectivity index (χ4n) is 1.95. The summed E-state index contributed by atoms with van der Waals surface area (Å²) in [6.07, 6.45) is 3.44. The van der Waals surface area contributed by atoms with Crippen molar-refractivity contribution in [3.8, 4) is 5.75 Å². The lowest BCUT2D eigenvalue weighted by atomic mass is 10.1. The van der Waals surface area contributed by atoms with Crippen LogP contribution in [0.2, 0.25) is 0 Å². The van der Waals surface area contributed by atoms with E-state index in [1.165, 1.54) is 12.0 Å². The molecule has 0 aliphatic rings. The third-order valence-corrected chi connectivity index (χ3v) is 3.20. The molecule has 1 rings (SSSR count). The van der Waals surface area contributed by atoms with Crippen molar-refractivity contribution in [3.05, 3.63) is 29.8 Å². The van der Waals surface area contributed by atoms with Crippen molar-refractivity contribution < 1.29 is 4.74 Å².